The van der Waals surface area contributed by atoms with E-state index in [2.05, 4.69) is 4.74 Å². The molecule has 19 nitrogen and oxygen atoms in total. The van der Waals surface area contributed by atoms with Crippen molar-refractivity contribution in [2.75, 3.05) is 26.9 Å². The van der Waals surface area contributed by atoms with Crippen molar-refractivity contribution in [1.29, 1.82) is 0 Å². The maximum absolute atomic E-state index is 11.3. The van der Waals surface area contributed by atoms with Crippen LogP contribution in [0.3, 0.4) is 0 Å². The molecule has 0 saturated carbocycles. The van der Waals surface area contributed by atoms with Crippen LogP contribution in [-0.4, -0.2) is 193 Å². The van der Waals surface area contributed by atoms with Gasteiger partial charge in [-0.3, -0.25) is 4.79 Å². The van der Waals surface area contributed by atoms with Crippen LogP contribution < -0.4 is 0 Å². The minimum atomic E-state index is -1.91. The molecule has 3 aliphatic heterocycles. The first-order valence-electron chi connectivity index (χ1n) is 19.1. The average molecular weight is 789 g/mol. The minimum Gasteiger partial charge on any atom is -0.469 e. The number of rotatable bonds is 23. The number of carbonyl (C=O) groups excluding carboxylic acids is 1. The largest absolute Gasteiger partial charge is 0.469 e. The summed E-state index contributed by atoms with van der Waals surface area (Å²) in [6, 6.07) is 0. The van der Waals surface area contributed by atoms with Crippen LogP contribution in [-0.2, 0) is 38.0 Å². The molecule has 3 saturated heterocycles. The lowest BCUT2D eigenvalue weighted by Crippen LogP contribution is -2.67. The van der Waals surface area contributed by atoms with Gasteiger partial charge in [-0.15, -0.1) is 0 Å². The quantitative estimate of drug-likeness (QED) is 0.0364. The molecule has 17 atom stereocenters. The topological polar surface area (TPSA) is 304 Å². The molecule has 0 aromatic heterocycles. The van der Waals surface area contributed by atoms with Gasteiger partial charge in [0.2, 0.25) is 0 Å². The summed E-state index contributed by atoms with van der Waals surface area (Å²) in [4.78, 5) is 11.3. The first-order valence-corrected chi connectivity index (χ1v) is 19.1. The van der Waals surface area contributed by atoms with E-state index in [0.29, 0.717) is 19.3 Å². The van der Waals surface area contributed by atoms with E-state index < -0.39 is 130 Å². The van der Waals surface area contributed by atoms with Crippen LogP contribution >= 0.6 is 0 Å². The van der Waals surface area contributed by atoms with Crippen molar-refractivity contribution in [2.45, 2.75) is 188 Å². The van der Waals surface area contributed by atoms with Gasteiger partial charge in [0.15, 0.2) is 18.9 Å². The molecule has 0 bridgehead atoms. The molecule has 0 aliphatic carbocycles. The lowest BCUT2D eigenvalue weighted by molar-refractivity contribution is -0.388. The van der Waals surface area contributed by atoms with Crippen molar-refractivity contribution in [2.24, 2.45) is 0 Å². The zero-order chi connectivity index (χ0) is 39.9. The number of unbranched alkanes of at least 4 members (excludes halogenated alkanes) is 6. The van der Waals surface area contributed by atoms with Gasteiger partial charge in [0, 0.05) is 0 Å². The Labute approximate surface area is 315 Å². The summed E-state index contributed by atoms with van der Waals surface area (Å²) >= 11 is 0. The Morgan fingerprint density at radius 2 is 1.06 bits per heavy atom. The molecule has 0 aromatic carbocycles. The predicted octanol–water partition coefficient (Wildman–Crippen LogP) is -2.95. The normalized spacial score (nSPS) is 38.6. The number of aliphatic hydroxyl groups is 11. The van der Waals surface area contributed by atoms with Crippen LogP contribution in [0.4, 0.5) is 0 Å². The van der Waals surface area contributed by atoms with Crippen LogP contribution in [0.15, 0.2) is 0 Å². The Balaban J connectivity index is 1.67. The van der Waals surface area contributed by atoms with Gasteiger partial charge in [0.1, 0.15) is 73.2 Å². The second-order valence-corrected chi connectivity index (χ2v) is 14.3. The van der Waals surface area contributed by atoms with E-state index in [1.807, 2.05) is 6.92 Å². The maximum atomic E-state index is 11.3. The first kappa shape index (κ1) is 47.2. The zero-order valence-electron chi connectivity index (χ0n) is 31.1. The molecule has 54 heavy (non-hydrogen) atoms. The number of ether oxygens (including phenoxy) is 7. The van der Waals surface area contributed by atoms with Gasteiger partial charge < -0.3 is 89.3 Å². The summed E-state index contributed by atoms with van der Waals surface area (Å²) in [6.07, 6.45) is -17.3. The fourth-order valence-corrected chi connectivity index (χ4v) is 6.87. The SMILES string of the molecule is CCCC[C@@H](CCCCCCCC[C@H](O)CC(=O)OC)O[C@@H]1O[C@H](CO)[C@@H](O)[C@H](O)[C@H]1O[C@@H]1O[C@H](CO)[C@@H](O)[C@H](O[C@@H]2O[C@H](CO)[C@@H](O)[C@H](O)[C@H]2O)[C@H]1O. The maximum Gasteiger partial charge on any atom is 0.308 e. The van der Waals surface area contributed by atoms with Crippen LogP contribution in [0.25, 0.3) is 0 Å². The molecular weight excluding hydrogens is 724 g/mol. The van der Waals surface area contributed by atoms with Crippen molar-refractivity contribution in [3.05, 3.63) is 0 Å². The number of carbonyl (C=O) groups is 1. The molecule has 0 spiro atoms. The molecule has 0 radical (unpaired) electrons. The summed E-state index contributed by atoms with van der Waals surface area (Å²) in [6.45, 7) is -0.225. The molecule has 11 N–H and O–H groups in total. The van der Waals surface area contributed by atoms with Crippen molar-refractivity contribution in [1.82, 2.24) is 0 Å². The number of hydrogen-bond donors (Lipinski definition) is 11. The van der Waals surface area contributed by atoms with Crippen molar-refractivity contribution >= 4 is 5.97 Å². The third kappa shape index (κ3) is 13.2. The lowest BCUT2D eigenvalue weighted by Gasteiger charge is -2.48. The monoisotopic (exact) mass is 788 g/mol. The van der Waals surface area contributed by atoms with E-state index in [1.165, 1.54) is 7.11 Å². The van der Waals surface area contributed by atoms with Crippen LogP contribution in [0, 0.1) is 0 Å². The molecular formula is C35H64O19. The summed E-state index contributed by atoms with van der Waals surface area (Å²) in [5.41, 5.74) is 0. The fraction of sp³-hybridized carbons (Fsp3) is 0.971. The summed E-state index contributed by atoms with van der Waals surface area (Å²) in [5.74, 6) is -0.445. The highest BCUT2D eigenvalue weighted by Gasteiger charge is 2.54. The molecule has 3 heterocycles. The van der Waals surface area contributed by atoms with E-state index in [4.69, 9.17) is 28.4 Å². The smallest absolute Gasteiger partial charge is 0.308 e. The molecule has 0 aromatic rings. The number of hydrogen-bond acceptors (Lipinski definition) is 19. The standard InChI is InChI=1S/C35H64O19/c1-3-4-12-19(13-10-8-6-5-7-9-11-18(39)14-23(40)48-2)49-35-32(28(45)25(42)21(16-37)52-35)54-34-30(47)31(26(43)22(17-38)51-34)53-33-29(46)27(44)24(41)20(15-36)50-33/h18-22,24-39,41-47H,3-17H2,1-2H3/t18-,19-,20+,21+,22+,24+,25+,26+,27-,28-,29+,30+,31-,32+,33-,34-,35+/m0/s1. The third-order valence-electron chi connectivity index (χ3n) is 10.2. The van der Waals surface area contributed by atoms with Crippen LogP contribution in [0.2, 0.25) is 0 Å². The summed E-state index contributed by atoms with van der Waals surface area (Å²) in [7, 11) is 1.28. The van der Waals surface area contributed by atoms with Gasteiger partial charge in [-0.2, -0.15) is 0 Å². The first-order chi connectivity index (χ1) is 25.8. The van der Waals surface area contributed by atoms with E-state index in [9.17, 15) is 61.0 Å². The molecule has 19 heteroatoms. The molecule has 318 valence electrons. The zero-order valence-corrected chi connectivity index (χ0v) is 31.1. The van der Waals surface area contributed by atoms with Crippen molar-refractivity contribution < 1.29 is 94.1 Å². The number of esters is 1. The van der Waals surface area contributed by atoms with Crippen LogP contribution in [0.1, 0.15) is 84.0 Å². The van der Waals surface area contributed by atoms with E-state index >= 15 is 0 Å². The lowest BCUT2D eigenvalue weighted by atomic mass is 9.96. The Hall–Kier alpha value is -1.21. The Kier molecular flexibility index (Phi) is 20.9. The highest BCUT2D eigenvalue weighted by atomic mass is 16.8. The number of methoxy groups -OCH3 is 1. The highest BCUT2D eigenvalue weighted by Crippen LogP contribution is 2.34. The van der Waals surface area contributed by atoms with Gasteiger partial charge in [-0.25, -0.2) is 0 Å². The second kappa shape index (κ2) is 23.9. The van der Waals surface area contributed by atoms with Crippen LogP contribution in [0.5, 0.6) is 0 Å². The van der Waals surface area contributed by atoms with E-state index in [-0.39, 0.29) is 6.42 Å². The minimum absolute atomic E-state index is 0.0255. The number of aliphatic hydroxyl groups excluding tert-OH is 11. The highest BCUT2D eigenvalue weighted by molar-refractivity contribution is 5.69. The van der Waals surface area contributed by atoms with Gasteiger partial charge in [0.05, 0.1) is 45.6 Å². The Bertz CT molecular complexity index is 1040. The molecule has 3 fully saturated rings. The van der Waals surface area contributed by atoms with E-state index in [0.717, 1.165) is 51.4 Å². The predicted molar refractivity (Wildman–Crippen MR) is 183 cm³/mol. The van der Waals surface area contributed by atoms with Gasteiger partial charge in [-0.1, -0.05) is 58.3 Å². The van der Waals surface area contributed by atoms with Gasteiger partial charge >= 0.3 is 5.97 Å². The fourth-order valence-electron chi connectivity index (χ4n) is 6.87. The summed E-state index contributed by atoms with van der Waals surface area (Å²) in [5, 5.41) is 114. The Morgan fingerprint density at radius 3 is 1.63 bits per heavy atom. The van der Waals surface area contributed by atoms with Crippen molar-refractivity contribution in [3.63, 3.8) is 0 Å². The van der Waals surface area contributed by atoms with E-state index in [1.54, 1.807) is 0 Å². The molecule has 3 aliphatic rings. The third-order valence-corrected chi connectivity index (χ3v) is 10.2. The molecule has 3 rings (SSSR count). The Morgan fingerprint density at radius 1 is 0.574 bits per heavy atom. The van der Waals surface area contributed by atoms with Crippen molar-refractivity contribution in [3.8, 4) is 0 Å². The summed E-state index contributed by atoms with van der Waals surface area (Å²) < 4.78 is 39.4. The van der Waals surface area contributed by atoms with Gasteiger partial charge in [-0.05, 0) is 19.3 Å². The molecule has 0 amide bonds. The second-order valence-electron chi connectivity index (χ2n) is 14.3. The molecule has 0 unspecified atom stereocenters. The van der Waals surface area contributed by atoms with Gasteiger partial charge in [0.25, 0.3) is 0 Å². The average Bonchev–Trinajstić information content (AvgIpc) is 3.16.